The van der Waals surface area contributed by atoms with Crippen molar-refractivity contribution in [3.63, 3.8) is 0 Å². The highest BCUT2D eigenvalue weighted by Gasteiger charge is 2.26. The molecule has 0 unspecified atom stereocenters. The second-order valence-corrected chi connectivity index (χ2v) is 7.60. The molecule has 0 saturated heterocycles. The molecule has 5 nitrogen and oxygen atoms in total. The molecule has 3 aromatic carbocycles. The molecule has 0 aliphatic rings. The van der Waals surface area contributed by atoms with Crippen molar-refractivity contribution in [1.29, 1.82) is 5.26 Å². The Morgan fingerprint density at radius 3 is 2.42 bits per heavy atom. The number of hydrogen-bond donors (Lipinski definition) is 3. The van der Waals surface area contributed by atoms with Gasteiger partial charge in [-0.05, 0) is 54.4 Å². The summed E-state index contributed by atoms with van der Waals surface area (Å²) in [5.74, 6) is 1.12. The number of aromatic hydroxyl groups is 1. The van der Waals surface area contributed by atoms with E-state index in [1.165, 1.54) is 5.56 Å². The van der Waals surface area contributed by atoms with Gasteiger partial charge in [0.15, 0.2) is 0 Å². The Kier molecular flexibility index (Phi) is 4.53. The van der Waals surface area contributed by atoms with Crippen LogP contribution < -0.4 is 9.72 Å². The van der Waals surface area contributed by atoms with Crippen molar-refractivity contribution in [2.24, 2.45) is 0 Å². The number of nitrogens with one attached hydrogen (secondary N) is 2. The van der Waals surface area contributed by atoms with Crippen LogP contribution in [0.1, 0.15) is 22.3 Å². The van der Waals surface area contributed by atoms with Gasteiger partial charge in [-0.25, -0.2) is 0 Å². The van der Waals surface area contributed by atoms with Gasteiger partial charge in [0.25, 0.3) is 0 Å². The first-order valence-electron chi connectivity index (χ1n) is 10.1. The number of benzene rings is 3. The molecule has 2 heterocycles. The second-order valence-electron chi connectivity index (χ2n) is 7.60. The highest BCUT2D eigenvalue weighted by molar-refractivity contribution is 5.79. The lowest BCUT2D eigenvalue weighted by atomic mass is 9.97. The van der Waals surface area contributed by atoms with Crippen LogP contribution in [0.4, 0.5) is 11.5 Å². The van der Waals surface area contributed by atoms with E-state index in [0.29, 0.717) is 12.0 Å². The van der Waals surface area contributed by atoms with Crippen molar-refractivity contribution >= 4 is 28.2 Å². The predicted molar refractivity (Wildman–Crippen MR) is 122 cm³/mol. The van der Waals surface area contributed by atoms with Crippen molar-refractivity contribution < 1.29 is 9.51 Å². The first-order chi connectivity index (χ1) is 15.2. The van der Waals surface area contributed by atoms with Crippen LogP contribution in [0.2, 0.25) is 0 Å². The maximum atomic E-state index is 10.0. The average Bonchev–Trinajstić information content (AvgIpc) is 3.17. The number of phenols is 1. The fourth-order valence-electron chi connectivity index (χ4n) is 4.09. The molecular weight excluding hydrogens is 384 g/mol. The lowest BCUT2D eigenvalue weighted by Gasteiger charge is -2.14. The molecule has 150 valence electrons. The smallest absolute Gasteiger partial charge is 0.250 e. The summed E-state index contributed by atoms with van der Waals surface area (Å²) in [6.07, 6.45) is 0.685. The standard InChI is InChI=1S/C26H20N4O/c1-17-21(15-18-7-3-2-4-8-18)25(28-19-11-13-20(31)14-12-19)30-24-10-6-5-9-23(24)29-26(30)22(17)16-27/h2-14H,15H2,1H3,(H2,28,29,31)/p+1. The third-order valence-corrected chi connectivity index (χ3v) is 5.66. The number of para-hydroxylation sites is 2. The van der Waals surface area contributed by atoms with Gasteiger partial charge in [0.1, 0.15) is 28.4 Å². The molecule has 5 rings (SSSR count). The molecule has 0 saturated carbocycles. The van der Waals surface area contributed by atoms with Crippen LogP contribution in [0.5, 0.6) is 5.75 Å². The number of aromatic amines is 1. The molecule has 2 aromatic heterocycles. The number of nitriles is 1. The molecule has 0 radical (unpaired) electrons. The Morgan fingerprint density at radius 2 is 1.68 bits per heavy atom. The number of rotatable bonds is 4. The van der Waals surface area contributed by atoms with E-state index in [2.05, 4.69) is 32.9 Å². The number of hydrogen-bond acceptors (Lipinski definition) is 3. The molecule has 31 heavy (non-hydrogen) atoms. The Balaban J connectivity index is 1.83. The summed E-state index contributed by atoms with van der Waals surface area (Å²) in [5, 5.41) is 23.3. The number of anilines is 2. The first-order valence-corrected chi connectivity index (χ1v) is 10.1. The van der Waals surface area contributed by atoms with E-state index in [9.17, 15) is 10.4 Å². The predicted octanol–water partition coefficient (Wildman–Crippen LogP) is 5.13. The minimum atomic E-state index is 0.218. The molecule has 3 N–H and O–H groups in total. The molecule has 0 fully saturated rings. The summed E-state index contributed by atoms with van der Waals surface area (Å²) in [5.41, 5.74) is 7.38. The summed E-state index contributed by atoms with van der Waals surface area (Å²) in [7, 11) is 0. The first kappa shape index (κ1) is 18.7. The van der Waals surface area contributed by atoms with Crippen LogP contribution in [0.3, 0.4) is 0 Å². The lowest BCUT2D eigenvalue weighted by Crippen LogP contribution is -2.28. The van der Waals surface area contributed by atoms with E-state index in [1.54, 1.807) is 12.1 Å². The van der Waals surface area contributed by atoms with Crippen LogP contribution in [0.15, 0.2) is 78.9 Å². The van der Waals surface area contributed by atoms with E-state index < -0.39 is 0 Å². The van der Waals surface area contributed by atoms with Crippen molar-refractivity contribution in [2.75, 3.05) is 5.32 Å². The van der Waals surface area contributed by atoms with Crippen LogP contribution in [-0.4, -0.2) is 10.1 Å². The minimum Gasteiger partial charge on any atom is -0.508 e. The van der Waals surface area contributed by atoms with Gasteiger partial charge in [0, 0.05) is 12.0 Å². The van der Waals surface area contributed by atoms with Crippen molar-refractivity contribution in [3.05, 3.63) is 101 Å². The highest BCUT2D eigenvalue weighted by atomic mass is 16.3. The van der Waals surface area contributed by atoms with Gasteiger partial charge in [-0.3, -0.25) is 10.3 Å². The monoisotopic (exact) mass is 405 g/mol. The van der Waals surface area contributed by atoms with Crippen molar-refractivity contribution in [2.45, 2.75) is 13.3 Å². The van der Waals surface area contributed by atoms with E-state index in [4.69, 9.17) is 0 Å². The van der Waals surface area contributed by atoms with Crippen molar-refractivity contribution in [1.82, 2.24) is 4.98 Å². The third kappa shape index (κ3) is 3.24. The Morgan fingerprint density at radius 1 is 0.968 bits per heavy atom. The second kappa shape index (κ2) is 7.51. The van der Waals surface area contributed by atoms with E-state index in [1.807, 2.05) is 61.5 Å². The fourth-order valence-corrected chi connectivity index (χ4v) is 4.09. The number of H-pyrrole nitrogens is 1. The minimum absolute atomic E-state index is 0.218. The SMILES string of the molecule is Cc1c(Cc2ccccc2)c(Nc2ccc(O)cc2)[n+]2c([nH]c3ccccc32)c1C#N. The van der Waals surface area contributed by atoms with E-state index in [-0.39, 0.29) is 5.75 Å². The number of nitrogens with zero attached hydrogens (tertiary/aromatic N) is 2. The molecule has 0 aliphatic carbocycles. The Labute approximate surface area is 179 Å². The molecule has 5 heteroatoms. The van der Waals surface area contributed by atoms with Crippen LogP contribution in [0.25, 0.3) is 16.7 Å². The van der Waals surface area contributed by atoms with Gasteiger partial charge < -0.3 is 5.11 Å². The summed E-state index contributed by atoms with van der Waals surface area (Å²) in [6, 6.07) is 27.7. The molecule has 0 amide bonds. The zero-order valence-electron chi connectivity index (χ0n) is 17.1. The maximum Gasteiger partial charge on any atom is 0.250 e. The fraction of sp³-hybridized carbons (Fsp3) is 0.0769. The number of pyridine rings is 1. The molecule has 5 aromatic rings. The molecule has 0 spiro atoms. The summed E-state index contributed by atoms with van der Waals surface area (Å²) in [4.78, 5) is 3.43. The number of fused-ring (bicyclic) bond motifs is 3. The summed E-state index contributed by atoms with van der Waals surface area (Å²) in [6.45, 7) is 2.00. The van der Waals surface area contributed by atoms with Gasteiger partial charge in [-0.2, -0.15) is 9.66 Å². The van der Waals surface area contributed by atoms with E-state index >= 15 is 0 Å². The largest absolute Gasteiger partial charge is 0.508 e. The molecule has 0 aliphatic heterocycles. The maximum absolute atomic E-state index is 10.0. The van der Waals surface area contributed by atoms with Gasteiger partial charge in [0.05, 0.1) is 5.69 Å². The Bertz CT molecular complexity index is 1450. The summed E-state index contributed by atoms with van der Waals surface area (Å²) >= 11 is 0. The highest BCUT2D eigenvalue weighted by Crippen LogP contribution is 2.29. The number of imidazole rings is 1. The van der Waals surface area contributed by atoms with Crippen molar-refractivity contribution in [3.8, 4) is 11.8 Å². The zero-order chi connectivity index (χ0) is 21.4. The van der Waals surface area contributed by atoms with E-state index in [0.717, 1.165) is 39.3 Å². The molecule has 0 bridgehead atoms. The Hall–Kier alpha value is -4.30. The number of phenolic OH excluding ortho intramolecular Hbond substituents is 1. The zero-order valence-corrected chi connectivity index (χ0v) is 17.1. The van der Waals surface area contributed by atoms with Crippen LogP contribution in [0, 0.1) is 18.3 Å². The van der Waals surface area contributed by atoms with Gasteiger partial charge in [-0.1, -0.05) is 42.5 Å². The van der Waals surface area contributed by atoms with Gasteiger partial charge in [0.2, 0.25) is 11.5 Å². The number of aromatic nitrogens is 2. The molecule has 0 atom stereocenters. The van der Waals surface area contributed by atoms with Crippen LogP contribution >= 0.6 is 0 Å². The van der Waals surface area contributed by atoms with Gasteiger partial charge >= 0.3 is 0 Å². The van der Waals surface area contributed by atoms with Gasteiger partial charge in [-0.15, -0.1) is 0 Å². The normalized spacial score (nSPS) is 11.0. The topological polar surface area (TPSA) is 75.9 Å². The molecular formula is C26H21N4O+. The summed E-state index contributed by atoms with van der Waals surface area (Å²) < 4.78 is 2.09. The van der Waals surface area contributed by atoms with Crippen LogP contribution in [-0.2, 0) is 6.42 Å². The quantitative estimate of drug-likeness (QED) is 0.287. The lowest BCUT2D eigenvalue weighted by molar-refractivity contribution is -0.465. The third-order valence-electron chi connectivity index (χ3n) is 5.66. The average molecular weight is 405 g/mol.